The van der Waals surface area contributed by atoms with Crippen molar-refractivity contribution in [2.75, 3.05) is 6.61 Å². The van der Waals surface area contributed by atoms with Crippen LogP contribution < -0.4 is 0 Å². The van der Waals surface area contributed by atoms with Crippen LogP contribution >= 0.6 is 0 Å². The van der Waals surface area contributed by atoms with Crippen molar-refractivity contribution in [3.8, 4) is 0 Å². The predicted molar refractivity (Wildman–Crippen MR) is 120 cm³/mol. The monoisotopic (exact) mass is 422 g/mol. The van der Waals surface area contributed by atoms with E-state index in [0.29, 0.717) is 19.4 Å². The van der Waals surface area contributed by atoms with Crippen molar-refractivity contribution in [1.82, 2.24) is 0 Å². The summed E-state index contributed by atoms with van der Waals surface area (Å²) in [5.74, 6) is -0.338. The van der Waals surface area contributed by atoms with Crippen LogP contribution in [-0.4, -0.2) is 40.3 Å². The lowest BCUT2D eigenvalue weighted by Crippen LogP contribution is -2.25. The van der Waals surface area contributed by atoms with Crippen molar-refractivity contribution < 1.29 is 24.5 Å². The summed E-state index contributed by atoms with van der Waals surface area (Å²) in [6.07, 6.45) is 15.2. The summed E-state index contributed by atoms with van der Waals surface area (Å²) in [6, 6.07) is 0. The average Bonchev–Trinajstić information content (AvgIpc) is 2.97. The second-order valence-corrected chi connectivity index (χ2v) is 8.72. The second kappa shape index (κ2) is 14.5. The van der Waals surface area contributed by atoms with Crippen molar-refractivity contribution >= 4 is 11.8 Å². The standard InChI is InChI=1S/C25H42O5/c1-4-6-16-25(29,5-2)17-13-15-22-21(23(27)19-24(22)28)14-11-9-7-8-10-12-18-30-20(3)26/h5,13,15,21-22,24,28-29H,2,4,6-12,14,16-19H2,1,3H3/b15-13+/t21-,22-,24-,25?/m1/s1. The van der Waals surface area contributed by atoms with Gasteiger partial charge in [0.2, 0.25) is 0 Å². The molecule has 0 radical (unpaired) electrons. The third-order valence-electron chi connectivity index (χ3n) is 6.12. The van der Waals surface area contributed by atoms with E-state index in [1.807, 2.05) is 12.2 Å². The Kier molecular flexibility index (Phi) is 12.9. The van der Waals surface area contributed by atoms with Crippen LogP contribution in [0, 0.1) is 11.8 Å². The summed E-state index contributed by atoms with van der Waals surface area (Å²) in [4.78, 5) is 23.0. The summed E-state index contributed by atoms with van der Waals surface area (Å²) in [5.41, 5.74) is -0.912. The molecule has 2 N–H and O–H groups in total. The Hall–Kier alpha value is -1.46. The minimum Gasteiger partial charge on any atom is -0.466 e. The van der Waals surface area contributed by atoms with E-state index in [4.69, 9.17) is 4.74 Å². The highest BCUT2D eigenvalue weighted by molar-refractivity contribution is 5.84. The Morgan fingerprint density at radius 1 is 1.20 bits per heavy atom. The molecule has 0 aromatic carbocycles. The van der Waals surface area contributed by atoms with Crippen molar-refractivity contribution in [2.24, 2.45) is 11.8 Å². The fourth-order valence-corrected chi connectivity index (χ4v) is 4.18. The van der Waals surface area contributed by atoms with Gasteiger partial charge in [-0.15, -0.1) is 6.58 Å². The molecule has 30 heavy (non-hydrogen) atoms. The van der Waals surface area contributed by atoms with Crippen LogP contribution in [0.3, 0.4) is 0 Å². The quantitative estimate of drug-likeness (QED) is 0.210. The number of Topliss-reactive ketones (excluding diaryl/α,β-unsaturated/α-hetero) is 1. The fraction of sp³-hybridized carbons (Fsp3) is 0.760. The van der Waals surface area contributed by atoms with Crippen LogP contribution in [0.2, 0.25) is 0 Å². The normalized spacial score (nSPS) is 23.6. The summed E-state index contributed by atoms with van der Waals surface area (Å²) < 4.78 is 4.92. The molecule has 0 aliphatic heterocycles. The molecule has 5 nitrogen and oxygen atoms in total. The topological polar surface area (TPSA) is 83.8 Å². The Bertz CT molecular complexity index is 556. The maximum Gasteiger partial charge on any atom is 0.302 e. The molecule has 4 atom stereocenters. The van der Waals surface area contributed by atoms with E-state index < -0.39 is 11.7 Å². The van der Waals surface area contributed by atoms with Crippen LogP contribution in [0.1, 0.15) is 90.9 Å². The van der Waals surface area contributed by atoms with E-state index in [-0.39, 0.29) is 30.0 Å². The molecule has 0 saturated heterocycles. The molecule has 5 heteroatoms. The number of esters is 1. The number of rotatable bonds is 16. The predicted octanol–water partition coefficient (Wildman–Crippen LogP) is 4.90. The molecule has 1 saturated carbocycles. The highest BCUT2D eigenvalue weighted by Crippen LogP contribution is 2.35. The highest BCUT2D eigenvalue weighted by atomic mass is 16.5. The molecular weight excluding hydrogens is 380 g/mol. The van der Waals surface area contributed by atoms with Gasteiger partial charge in [0.1, 0.15) is 5.78 Å². The van der Waals surface area contributed by atoms with Crippen molar-refractivity contribution in [3.63, 3.8) is 0 Å². The van der Waals surface area contributed by atoms with Crippen LogP contribution in [0.4, 0.5) is 0 Å². The molecule has 0 aromatic heterocycles. The molecule has 1 rings (SSSR count). The number of ketones is 1. The number of aliphatic hydroxyl groups is 2. The molecule has 0 amide bonds. The molecule has 1 unspecified atom stereocenters. The molecule has 1 aliphatic rings. The largest absolute Gasteiger partial charge is 0.466 e. The number of hydrogen-bond acceptors (Lipinski definition) is 5. The van der Waals surface area contributed by atoms with Crippen molar-refractivity contribution in [3.05, 3.63) is 24.8 Å². The average molecular weight is 423 g/mol. The van der Waals surface area contributed by atoms with Gasteiger partial charge in [-0.25, -0.2) is 0 Å². The number of carbonyl (C=O) groups excluding carboxylic acids is 2. The second-order valence-electron chi connectivity index (χ2n) is 8.72. The van der Waals surface area contributed by atoms with Gasteiger partial charge in [-0.05, 0) is 25.7 Å². The number of carbonyl (C=O) groups is 2. The lowest BCUT2D eigenvalue weighted by atomic mass is 9.87. The minimum absolute atomic E-state index is 0.118. The summed E-state index contributed by atoms with van der Waals surface area (Å²) in [7, 11) is 0. The van der Waals surface area contributed by atoms with Gasteiger partial charge in [-0.2, -0.15) is 0 Å². The zero-order valence-corrected chi connectivity index (χ0v) is 19.0. The molecular formula is C25H42O5. The van der Waals surface area contributed by atoms with Gasteiger partial charge < -0.3 is 14.9 Å². The molecule has 0 spiro atoms. The van der Waals surface area contributed by atoms with Gasteiger partial charge in [0.05, 0.1) is 18.3 Å². The molecule has 172 valence electrons. The van der Waals surface area contributed by atoms with Gasteiger partial charge in [0.25, 0.3) is 0 Å². The first-order valence-electron chi connectivity index (χ1n) is 11.7. The molecule has 1 fully saturated rings. The van der Waals surface area contributed by atoms with E-state index in [2.05, 4.69) is 13.5 Å². The van der Waals surface area contributed by atoms with E-state index in [1.54, 1.807) is 6.08 Å². The van der Waals surface area contributed by atoms with Gasteiger partial charge in [-0.1, -0.05) is 70.1 Å². The van der Waals surface area contributed by atoms with Gasteiger partial charge in [0, 0.05) is 25.2 Å². The van der Waals surface area contributed by atoms with Crippen LogP contribution in [0.5, 0.6) is 0 Å². The SMILES string of the molecule is C=CC(O)(C/C=C/[C@H]1[C@H](O)CC(=O)[C@@H]1CCCCCCCCOC(C)=O)CCCC. The molecule has 0 bridgehead atoms. The van der Waals surface area contributed by atoms with Crippen LogP contribution in [0.15, 0.2) is 24.8 Å². The first kappa shape index (κ1) is 26.6. The lowest BCUT2D eigenvalue weighted by molar-refractivity contribution is -0.141. The van der Waals surface area contributed by atoms with Crippen LogP contribution in [-0.2, 0) is 14.3 Å². The first-order valence-corrected chi connectivity index (χ1v) is 11.7. The molecule has 1 aliphatic carbocycles. The highest BCUT2D eigenvalue weighted by Gasteiger charge is 2.39. The van der Waals surface area contributed by atoms with Gasteiger partial charge in [0.15, 0.2) is 0 Å². The van der Waals surface area contributed by atoms with Gasteiger partial charge >= 0.3 is 5.97 Å². The first-order chi connectivity index (χ1) is 14.3. The zero-order valence-electron chi connectivity index (χ0n) is 19.0. The number of unbranched alkanes of at least 4 members (excludes halogenated alkanes) is 6. The zero-order chi connectivity index (χ0) is 22.4. The van der Waals surface area contributed by atoms with E-state index in [9.17, 15) is 19.8 Å². The smallest absolute Gasteiger partial charge is 0.302 e. The van der Waals surface area contributed by atoms with E-state index in [0.717, 1.165) is 57.8 Å². The maximum atomic E-state index is 12.3. The van der Waals surface area contributed by atoms with E-state index >= 15 is 0 Å². The Morgan fingerprint density at radius 3 is 2.50 bits per heavy atom. The number of ether oxygens (including phenoxy) is 1. The maximum absolute atomic E-state index is 12.3. The third-order valence-corrected chi connectivity index (χ3v) is 6.12. The van der Waals surface area contributed by atoms with Gasteiger partial charge in [-0.3, -0.25) is 9.59 Å². The Morgan fingerprint density at radius 2 is 1.87 bits per heavy atom. The van der Waals surface area contributed by atoms with Crippen molar-refractivity contribution in [1.29, 1.82) is 0 Å². The molecule has 0 aromatic rings. The minimum atomic E-state index is -0.912. The van der Waals surface area contributed by atoms with Crippen LogP contribution in [0.25, 0.3) is 0 Å². The van der Waals surface area contributed by atoms with Crippen molar-refractivity contribution in [2.45, 2.75) is 103 Å². The third kappa shape index (κ3) is 10.0. The summed E-state index contributed by atoms with van der Waals surface area (Å²) in [5, 5.41) is 20.9. The summed E-state index contributed by atoms with van der Waals surface area (Å²) >= 11 is 0. The fourth-order valence-electron chi connectivity index (χ4n) is 4.18. The van der Waals surface area contributed by atoms with E-state index in [1.165, 1.54) is 6.92 Å². The lowest BCUT2D eigenvalue weighted by Gasteiger charge is -2.23. The summed E-state index contributed by atoms with van der Waals surface area (Å²) in [6.45, 7) is 7.77. The number of aliphatic hydroxyl groups excluding tert-OH is 1. The Balaban J connectivity index is 2.37. The number of hydrogen-bond donors (Lipinski definition) is 2. The Labute approximate surface area is 182 Å². The molecule has 0 heterocycles.